The van der Waals surface area contributed by atoms with Gasteiger partial charge in [-0.25, -0.2) is 0 Å². The number of hydrogen-bond donors (Lipinski definition) is 1. The van der Waals surface area contributed by atoms with E-state index in [0.29, 0.717) is 17.5 Å². The van der Waals surface area contributed by atoms with E-state index < -0.39 is 0 Å². The Morgan fingerprint density at radius 3 is 2.67 bits per heavy atom. The van der Waals surface area contributed by atoms with Gasteiger partial charge in [0.2, 0.25) is 0 Å². The molecule has 1 fully saturated rings. The molecular weight excluding hydrogens is 300 g/mol. The number of halogens is 1. The molecule has 0 aliphatic heterocycles. The predicted octanol–water partition coefficient (Wildman–Crippen LogP) is 3.72. The summed E-state index contributed by atoms with van der Waals surface area (Å²) in [5.41, 5.74) is 0.613. The van der Waals surface area contributed by atoms with Crippen LogP contribution in [0.3, 0.4) is 0 Å². The number of nitro benzene ring substituents is 1. The molecule has 6 heteroatoms. The van der Waals surface area contributed by atoms with Crippen LogP contribution >= 0.6 is 15.9 Å². The third kappa shape index (κ3) is 2.75. The van der Waals surface area contributed by atoms with Gasteiger partial charge in [-0.3, -0.25) is 10.1 Å². The average molecular weight is 315 g/mol. The van der Waals surface area contributed by atoms with Crippen molar-refractivity contribution in [2.45, 2.75) is 31.7 Å². The second-order valence-electron chi connectivity index (χ2n) is 4.39. The highest BCUT2D eigenvalue weighted by molar-refractivity contribution is 9.10. The summed E-state index contributed by atoms with van der Waals surface area (Å²) in [5.74, 6) is 0.471. The molecule has 0 unspecified atom stereocenters. The maximum Gasteiger partial charge on any atom is 0.296 e. The van der Waals surface area contributed by atoms with Gasteiger partial charge >= 0.3 is 0 Å². The summed E-state index contributed by atoms with van der Waals surface area (Å²) in [6.45, 7) is 0. The number of nitrogens with one attached hydrogen (secondary N) is 1. The minimum Gasteiger partial charge on any atom is -0.495 e. The Bertz CT molecular complexity index is 459. The van der Waals surface area contributed by atoms with Crippen LogP contribution in [0.4, 0.5) is 11.4 Å². The van der Waals surface area contributed by atoms with Crippen molar-refractivity contribution in [2.75, 3.05) is 12.4 Å². The Morgan fingerprint density at radius 2 is 2.11 bits per heavy atom. The molecule has 0 radical (unpaired) electrons. The van der Waals surface area contributed by atoms with E-state index in [1.807, 2.05) is 0 Å². The van der Waals surface area contributed by atoms with E-state index in [-0.39, 0.29) is 10.6 Å². The lowest BCUT2D eigenvalue weighted by atomic mass is 10.2. The maximum absolute atomic E-state index is 11.1. The molecule has 0 atom stereocenters. The van der Waals surface area contributed by atoms with Crippen molar-refractivity contribution >= 4 is 27.3 Å². The maximum atomic E-state index is 11.1. The van der Waals surface area contributed by atoms with E-state index in [1.54, 1.807) is 6.07 Å². The fraction of sp³-hybridized carbons (Fsp3) is 0.500. The first-order chi connectivity index (χ1) is 8.61. The number of nitro groups is 1. The summed E-state index contributed by atoms with van der Waals surface area (Å²) in [6, 6.07) is 3.50. The SMILES string of the molecule is COc1cc([N+](=O)[O-])c(NC2CCCC2)cc1Br. The first kappa shape index (κ1) is 13.1. The standard InChI is InChI=1S/C12H15BrN2O3/c1-18-12-7-11(15(16)17)10(6-9(12)13)14-8-4-2-3-5-8/h6-8,14H,2-5H2,1H3. The van der Waals surface area contributed by atoms with E-state index >= 15 is 0 Å². The van der Waals surface area contributed by atoms with Gasteiger partial charge in [0.25, 0.3) is 5.69 Å². The number of hydrogen-bond acceptors (Lipinski definition) is 4. The van der Waals surface area contributed by atoms with Gasteiger partial charge in [0.05, 0.1) is 22.6 Å². The van der Waals surface area contributed by atoms with Gasteiger partial charge in [-0.2, -0.15) is 0 Å². The average Bonchev–Trinajstić information content (AvgIpc) is 2.81. The highest BCUT2D eigenvalue weighted by atomic mass is 79.9. The normalized spacial score (nSPS) is 15.7. The Labute approximate surface area is 114 Å². The Balaban J connectivity index is 2.31. The van der Waals surface area contributed by atoms with Crippen molar-refractivity contribution in [1.82, 2.24) is 0 Å². The van der Waals surface area contributed by atoms with Crippen LogP contribution in [-0.4, -0.2) is 18.1 Å². The van der Waals surface area contributed by atoms with Crippen LogP contribution in [0, 0.1) is 10.1 Å². The smallest absolute Gasteiger partial charge is 0.296 e. The molecule has 2 rings (SSSR count). The van der Waals surface area contributed by atoms with E-state index in [1.165, 1.54) is 26.0 Å². The highest BCUT2D eigenvalue weighted by Crippen LogP contribution is 2.37. The number of benzene rings is 1. The van der Waals surface area contributed by atoms with Crippen LogP contribution in [0.1, 0.15) is 25.7 Å². The van der Waals surface area contributed by atoms with Crippen molar-refractivity contribution in [2.24, 2.45) is 0 Å². The monoisotopic (exact) mass is 314 g/mol. The first-order valence-corrected chi connectivity index (χ1v) is 6.69. The molecule has 0 bridgehead atoms. The molecule has 18 heavy (non-hydrogen) atoms. The number of methoxy groups -OCH3 is 1. The van der Waals surface area contributed by atoms with E-state index in [2.05, 4.69) is 21.2 Å². The minimum absolute atomic E-state index is 0.0574. The van der Waals surface area contributed by atoms with Crippen LogP contribution in [-0.2, 0) is 0 Å². The third-order valence-corrected chi connectivity index (χ3v) is 3.80. The third-order valence-electron chi connectivity index (χ3n) is 3.18. The summed E-state index contributed by atoms with van der Waals surface area (Å²) in [7, 11) is 1.49. The largest absolute Gasteiger partial charge is 0.495 e. The number of anilines is 1. The molecule has 0 aromatic heterocycles. The molecule has 1 aromatic rings. The van der Waals surface area contributed by atoms with Gasteiger partial charge in [0.1, 0.15) is 11.4 Å². The fourth-order valence-corrected chi connectivity index (χ4v) is 2.76. The molecule has 0 saturated heterocycles. The van der Waals surface area contributed by atoms with Crippen molar-refractivity contribution in [3.63, 3.8) is 0 Å². The summed E-state index contributed by atoms with van der Waals surface area (Å²) >= 11 is 3.35. The van der Waals surface area contributed by atoms with Crippen molar-refractivity contribution < 1.29 is 9.66 Å². The lowest BCUT2D eigenvalue weighted by Gasteiger charge is -2.15. The minimum atomic E-state index is -0.383. The molecule has 0 spiro atoms. The van der Waals surface area contributed by atoms with Gasteiger partial charge in [0.15, 0.2) is 0 Å². The quantitative estimate of drug-likeness (QED) is 0.679. The number of rotatable bonds is 4. The van der Waals surface area contributed by atoms with Gasteiger partial charge in [-0.1, -0.05) is 12.8 Å². The van der Waals surface area contributed by atoms with Crippen molar-refractivity contribution in [1.29, 1.82) is 0 Å². The van der Waals surface area contributed by atoms with E-state index in [4.69, 9.17) is 4.74 Å². The molecule has 1 aliphatic carbocycles. The fourth-order valence-electron chi connectivity index (χ4n) is 2.26. The molecule has 1 N–H and O–H groups in total. The lowest BCUT2D eigenvalue weighted by molar-refractivity contribution is -0.384. The molecule has 0 amide bonds. The van der Waals surface area contributed by atoms with Crippen LogP contribution in [0.5, 0.6) is 5.75 Å². The van der Waals surface area contributed by atoms with Crippen LogP contribution in [0.15, 0.2) is 16.6 Å². The number of nitrogens with zero attached hydrogens (tertiary/aromatic N) is 1. The molecule has 1 aliphatic rings. The topological polar surface area (TPSA) is 64.4 Å². The lowest BCUT2D eigenvalue weighted by Crippen LogP contribution is -2.15. The van der Waals surface area contributed by atoms with Crippen LogP contribution in [0.2, 0.25) is 0 Å². The summed E-state index contributed by atoms with van der Waals surface area (Å²) in [4.78, 5) is 10.7. The molecule has 5 nitrogen and oxygen atoms in total. The Hall–Kier alpha value is -1.30. The van der Waals surface area contributed by atoms with Crippen LogP contribution in [0.25, 0.3) is 0 Å². The van der Waals surface area contributed by atoms with Gasteiger partial charge in [-0.05, 0) is 34.8 Å². The van der Waals surface area contributed by atoms with Crippen LogP contribution < -0.4 is 10.1 Å². The second-order valence-corrected chi connectivity index (χ2v) is 5.24. The molecule has 1 aromatic carbocycles. The van der Waals surface area contributed by atoms with Crippen molar-refractivity contribution in [3.05, 3.63) is 26.7 Å². The second kappa shape index (κ2) is 5.56. The zero-order chi connectivity index (χ0) is 13.1. The van der Waals surface area contributed by atoms with E-state index in [0.717, 1.165) is 17.3 Å². The van der Waals surface area contributed by atoms with E-state index in [9.17, 15) is 10.1 Å². The van der Waals surface area contributed by atoms with Gasteiger partial charge in [0, 0.05) is 6.04 Å². The molecule has 1 saturated carbocycles. The summed E-state index contributed by atoms with van der Waals surface area (Å²) in [5, 5.41) is 14.3. The molecule has 98 valence electrons. The predicted molar refractivity (Wildman–Crippen MR) is 73.2 cm³/mol. The summed E-state index contributed by atoms with van der Waals surface area (Å²) < 4.78 is 5.80. The molecule has 0 heterocycles. The molecular formula is C12H15BrN2O3. The Morgan fingerprint density at radius 1 is 1.44 bits per heavy atom. The van der Waals surface area contributed by atoms with Gasteiger partial charge in [-0.15, -0.1) is 0 Å². The first-order valence-electron chi connectivity index (χ1n) is 5.90. The highest BCUT2D eigenvalue weighted by Gasteiger charge is 2.22. The Kier molecular flexibility index (Phi) is 4.06. The zero-order valence-electron chi connectivity index (χ0n) is 10.1. The van der Waals surface area contributed by atoms with Gasteiger partial charge < -0.3 is 10.1 Å². The number of ether oxygens (including phenoxy) is 1. The summed E-state index contributed by atoms with van der Waals surface area (Å²) in [6.07, 6.45) is 4.51. The van der Waals surface area contributed by atoms with Crippen molar-refractivity contribution in [3.8, 4) is 5.75 Å². The zero-order valence-corrected chi connectivity index (χ0v) is 11.7.